The molecule has 0 aliphatic carbocycles. The van der Waals surface area contributed by atoms with E-state index < -0.39 is 6.23 Å². The summed E-state index contributed by atoms with van der Waals surface area (Å²) in [4.78, 5) is 16.8. The van der Waals surface area contributed by atoms with Crippen LogP contribution in [0.2, 0.25) is 0 Å². The van der Waals surface area contributed by atoms with Crippen molar-refractivity contribution in [3.63, 3.8) is 0 Å². The monoisotopic (exact) mass is 207 g/mol. The van der Waals surface area contributed by atoms with Crippen molar-refractivity contribution in [3.8, 4) is 0 Å². The van der Waals surface area contributed by atoms with Crippen LogP contribution in [-0.2, 0) is 6.54 Å². The average Bonchev–Trinajstić information content (AvgIpc) is 2.53. The number of hydrogen-bond acceptors (Lipinski definition) is 3. The lowest BCUT2D eigenvalue weighted by Crippen LogP contribution is -2.33. The lowest BCUT2D eigenvalue weighted by Gasteiger charge is -2.17. The quantitative estimate of drug-likeness (QED) is 0.729. The van der Waals surface area contributed by atoms with Gasteiger partial charge in [0.1, 0.15) is 6.23 Å². The molecule has 5 nitrogen and oxygen atoms in total. The van der Waals surface area contributed by atoms with Gasteiger partial charge in [0.2, 0.25) is 0 Å². The Balaban J connectivity index is 2.08. The summed E-state index contributed by atoms with van der Waals surface area (Å²) < 4.78 is 0. The number of aliphatic hydroxyl groups is 1. The SMILES string of the molecule is Cc1ccc(CN2C(=O)NCC2O)nc1. The summed E-state index contributed by atoms with van der Waals surface area (Å²) in [5.41, 5.74) is 1.85. The third kappa shape index (κ3) is 2.07. The molecule has 0 aromatic carbocycles. The number of rotatable bonds is 2. The standard InChI is InChI=1S/C10H13N3O2/c1-7-2-3-8(11-4-7)6-13-9(14)5-12-10(13)15/h2-4,9,14H,5-6H2,1H3,(H,12,15). The molecule has 1 saturated heterocycles. The van der Waals surface area contributed by atoms with Crippen molar-refractivity contribution in [1.29, 1.82) is 0 Å². The molecule has 1 aliphatic rings. The number of carbonyl (C=O) groups excluding carboxylic acids is 1. The topological polar surface area (TPSA) is 65.5 Å². The Labute approximate surface area is 87.7 Å². The second-order valence-electron chi connectivity index (χ2n) is 3.62. The number of nitrogens with zero attached hydrogens (tertiary/aromatic N) is 2. The Bertz CT molecular complexity index is 363. The average molecular weight is 207 g/mol. The molecule has 0 spiro atoms. The van der Waals surface area contributed by atoms with Crippen LogP contribution in [0, 0.1) is 6.92 Å². The van der Waals surface area contributed by atoms with E-state index in [1.807, 2.05) is 19.1 Å². The number of pyridine rings is 1. The van der Waals surface area contributed by atoms with Gasteiger partial charge in [-0.25, -0.2) is 4.79 Å². The van der Waals surface area contributed by atoms with E-state index in [-0.39, 0.29) is 12.6 Å². The van der Waals surface area contributed by atoms with Crippen molar-refractivity contribution in [2.75, 3.05) is 6.54 Å². The number of aliphatic hydroxyl groups excluding tert-OH is 1. The molecule has 2 amide bonds. The van der Waals surface area contributed by atoms with Crippen LogP contribution in [-0.4, -0.2) is 33.8 Å². The molecule has 2 N–H and O–H groups in total. The zero-order chi connectivity index (χ0) is 10.8. The molecule has 80 valence electrons. The highest BCUT2D eigenvalue weighted by molar-refractivity contribution is 5.76. The van der Waals surface area contributed by atoms with Crippen molar-refractivity contribution >= 4 is 6.03 Å². The van der Waals surface area contributed by atoms with Crippen LogP contribution >= 0.6 is 0 Å². The van der Waals surface area contributed by atoms with Gasteiger partial charge in [0.05, 0.1) is 18.8 Å². The van der Waals surface area contributed by atoms with Crippen LogP contribution in [0.5, 0.6) is 0 Å². The van der Waals surface area contributed by atoms with Gasteiger partial charge in [-0.2, -0.15) is 0 Å². The highest BCUT2D eigenvalue weighted by Gasteiger charge is 2.28. The molecular weight excluding hydrogens is 194 g/mol. The molecular formula is C10H13N3O2. The van der Waals surface area contributed by atoms with Gasteiger partial charge in [-0.1, -0.05) is 6.07 Å². The van der Waals surface area contributed by atoms with Crippen LogP contribution < -0.4 is 5.32 Å². The van der Waals surface area contributed by atoms with Gasteiger partial charge in [-0.05, 0) is 18.6 Å². The molecule has 1 aromatic rings. The van der Waals surface area contributed by atoms with Gasteiger partial charge < -0.3 is 10.4 Å². The molecule has 0 radical (unpaired) electrons. The molecule has 15 heavy (non-hydrogen) atoms. The van der Waals surface area contributed by atoms with E-state index in [4.69, 9.17) is 0 Å². The Morgan fingerprint density at radius 1 is 1.67 bits per heavy atom. The predicted molar refractivity (Wildman–Crippen MR) is 53.9 cm³/mol. The molecule has 0 saturated carbocycles. The lowest BCUT2D eigenvalue weighted by atomic mass is 10.2. The molecule has 1 unspecified atom stereocenters. The summed E-state index contributed by atoms with van der Waals surface area (Å²) in [7, 11) is 0. The molecule has 1 aromatic heterocycles. The molecule has 1 fully saturated rings. The summed E-state index contributed by atoms with van der Waals surface area (Å²) >= 11 is 0. The maximum absolute atomic E-state index is 11.3. The fourth-order valence-electron chi connectivity index (χ4n) is 1.47. The van der Waals surface area contributed by atoms with Crippen molar-refractivity contribution in [2.24, 2.45) is 0 Å². The molecule has 1 aliphatic heterocycles. The fraction of sp³-hybridized carbons (Fsp3) is 0.400. The van der Waals surface area contributed by atoms with Crippen molar-refractivity contribution in [2.45, 2.75) is 19.7 Å². The Morgan fingerprint density at radius 3 is 3.00 bits per heavy atom. The largest absolute Gasteiger partial charge is 0.372 e. The number of urea groups is 1. The van der Waals surface area contributed by atoms with E-state index in [0.717, 1.165) is 11.3 Å². The summed E-state index contributed by atoms with van der Waals surface area (Å²) in [6.45, 7) is 2.58. The zero-order valence-corrected chi connectivity index (χ0v) is 8.47. The number of carbonyl (C=O) groups is 1. The zero-order valence-electron chi connectivity index (χ0n) is 8.47. The van der Waals surface area contributed by atoms with E-state index in [0.29, 0.717) is 6.54 Å². The first-order valence-electron chi connectivity index (χ1n) is 4.81. The minimum atomic E-state index is -0.749. The van der Waals surface area contributed by atoms with Crippen LogP contribution in [0.15, 0.2) is 18.3 Å². The van der Waals surface area contributed by atoms with Crippen molar-refractivity contribution < 1.29 is 9.90 Å². The van der Waals surface area contributed by atoms with Gasteiger partial charge in [-0.15, -0.1) is 0 Å². The molecule has 1 atom stereocenters. The van der Waals surface area contributed by atoms with E-state index in [1.165, 1.54) is 4.90 Å². The molecule has 2 heterocycles. The van der Waals surface area contributed by atoms with Crippen LogP contribution in [0.4, 0.5) is 4.79 Å². The number of aromatic nitrogens is 1. The smallest absolute Gasteiger partial charge is 0.320 e. The first-order valence-corrected chi connectivity index (χ1v) is 4.81. The first kappa shape index (κ1) is 9.92. The fourth-order valence-corrected chi connectivity index (χ4v) is 1.47. The molecule has 0 bridgehead atoms. The first-order chi connectivity index (χ1) is 7.16. The van der Waals surface area contributed by atoms with Crippen molar-refractivity contribution in [3.05, 3.63) is 29.6 Å². The maximum Gasteiger partial charge on any atom is 0.320 e. The summed E-state index contributed by atoms with van der Waals surface area (Å²) in [5.74, 6) is 0. The second kappa shape index (κ2) is 3.86. The summed E-state index contributed by atoms with van der Waals surface area (Å²) in [6.07, 6.45) is 0.996. The highest BCUT2D eigenvalue weighted by Crippen LogP contribution is 2.09. The van der Waals surface area contributed by atoms with Crippen molar-refractivity contribution in [1.82, 2.24) is 15.2 Å². The van der Waals surface area contributed by atoms with E-state index in [2.05, 4.69) is 10.3 Å². The molecule has 5 heteroatoms. The predicted octanol–water partition coefficient (Wildman–Crippen LogP) is 0.234. The lowest BCUT2D eigenvalue weighted by molar-refractivity contribution is 0.0594. The number of aryl methyl sites for hydroxylation is 1. The Hall–Kier alpha value is -1.62. The van der Waals surface area contributed by atoms with E-state index >= 15 is 0 Å². The maximum atomic E-state index is 11.3. The van der Waals surface area contributed by atoms with E-state index in [1.54, 1.807) is 6.20 Å². The van der Waals surface area contributed by atoms with Crippen LogP contribution in [0.3, 0.4) is 0 Å². The highest BCUT2D eigenvalue weighted by atomic mass is 16.3. The second-order valence-corrected chi connectivity index (χ2v) is 3.62. The van der Waals surface area contributed by atoms with Crippen LogP contribution in [0.1, 0.15) is 11.3 Å². The number of amides is 2. The number of hydrogen-bond donors (Lipinski definition) is 2. The van der Waals surface area contributed by atoms with E-state index in [9.17, 15) is 9.90 Å². The number of β-amino-alcohol motifs (C(OH)–C–C–N with tert-alkyl or cyclic N) is 1. The minimum absolute atomic E-state index is 0.245. The third-order valence-corrected chi connectivity index (χ3v) is 2.36. The van der Waals surface area contributed by atoms with Crippen LogP contribution in [0.25, 0.3) is 0 Å². The molecule has 2 rings (SSSR count). The normalized spacial score (nSPS) is 20.5. The Kier molecular flexibility index (Phi) is 2.55. The third-order valence-electron chi connectivity index (χ3n) is 2.36. The van der Waals surface area contributed by atoms with Gasteiger partial charge in [0.15, 0.2) is 0 Å². The van der Waals surface area contributed by atoms with Gasteiger partial charge >= 0.3 is 6.03 Å². The van der Waals surface area contributed by atoms with Gasteiger partial charge in [-0.3, -0.25) is 9.88 Å². The summed E-state index contributed by atoms with van der Waals surface area (Å²) in [6, 6.07) is 3.54. The minimum Gasteiger partial charge on any atom is -0.372 e. The number of nitrogens with one attached hydrogen (secondary N) is 1. The summed E-state index contributed by atoms with van der Waals surface area (Å²) in [5, 5.41) is 12.1. The van der Waals surface area contributed by atoms with Gasteiger partial charge in [0, 0.05) is 6.20 Å². The Morgan fingerprint density at radius 2 is 2.47 bits per heavy atom. The van der Waals surface area contributed by atoms with Gasteiger partial charge in [0.25, 0.3) is 0 Å².